The zero-order chi connectivity index (χ0) is 23.7. The Balaban J connectivity index is 1.31. The highest BCUT2D eigenvalue weighted by Gasteiger charge is 2.45. The summed E-state index contributed by atoms with van der Waals surface area (Å²) < 4.78 is 13.9. The summed E-state index contributed by atoms with van der Waals surface area (Å²) in [6.07, 6.45) is 0.283. The maximum absolute atomic E-state index is 13.1. The summed E-state index contributed by atoms with van der Waals surface area (Å²) in [5, 5.41) is 27.9. The van der Waals surface area contributed by atoms with Crippen LogP contribution in [0.1, 0.15) is 34.6 Å². The molecule has 0 unspecified atom stereocenters. The normalized spacial score (nSPS) is 16.7. The number of ether oxygens (including phenoxy) is 2. The number of aliphatic hydroxyl groups is 2. The van der Waals surface area contributed by atoms with E-state index in [1.165, 1.54) is 0 Å². The van der Waals surface area contributed by atoms with Crippen LogP contribution < -0.4 is 9.47 Å². The number of benzene rings is 2. The SMILES string of the molecule is N#Cc1ccc2n1-c1ccccc1OC21CCN(C(=O)c2ccc(OC[C@H](O)CO)cc2)CC1. The van der Waals surface area contributed by atoms with Crippen molar-refractivity contribution in [3.63, 3.8) is 0 Å². The first-order chi connectivity index (χ1) is 16.5. The molecule has 1 spiro atoms. The molecule has 0 saturated carbocycles. The molecule has 5 rings (SSSR count). The van der Waals surface area contributed by atoms with Crippen LogP contribution >= 0.6 is 0 Å². The van der Waals surface area contributed by atoms with Gasteiger partial charge in [-0.15, -0.1) is 0 Å². The Kier molecular flexibility index (Phi) is 5.74. The van der Waals surface area contributed by atoms with E-state index in [4.69, 9.17) is 14.6 Å². The summed E-state index contributed by atoms with van der Waals surface area (Å²) in [4.78, 5) is 14.9. The molecule has 3 heterocycles. The largest absolute Gasteiger partial charge is 0.491 e. The van der Waals surface area contributed by atoms with Crippen LogP contribution in [0.4, 0.5) is 0 Å². The minimum Gasteiger partial charge on any atom is -0.491 e. The second-order valence-corrected chi connectivity index (χ2v) is 8.58. The quantitative estimate of drug-likeness (QED) is 0.607. The number of likely N-dealkylation sites (tertiary alicyclic amines) is 1. The molecule has 2 aliphatic heterocycles. The Morgan fingerprint density at radius 3 is 2.56 bits per heavy atom. The van der Waals surface area contributed by atoms with Crippen molar-refractivity contribution in [2.75, 3.05) is 26.3 Å². The number of hydrogen-bond donors (Lipinski definition) is 2. The molecule has 2 N–H and O–H groups in total. The molecule has 0 bridgehead atoms. The Hall–Kier alpha value is -3.80. The Labute approximate surface area is 197 Å². The fraction of sp³-hybridized carbons (Fsp3) is 0.308. The zero-order valence-electron chi connectivity index (χ0n) is 18.6. The van der Waals surface area contributed by atoms with Gasteiger partial charge in [0.2, 0.25) is 0 Å². The molecule has 34 heavy (non-hydrogen) atoms. The maximum atomic E-state index is 13.1. The number of aromatic nitrogens is 1. The van der Waals surface area contributed by atoms with Crippen LogP contribution in [0.15, 0.2) is 60.7 Å². The van der Waals surface area contributed by atoms with Gasteiger partial charge in [0.15, 0.2) is 5.60 Å². The number of carbonyl (C=O) groups is 1. The van der Waals surface area contributed by atoms with Crippen LogP contribution in [0.2, 0.25) is 0 Å². The summed E-state index contributed by atoms with van der Waals surface area (Å²) >= 11 is 0. The predicted molar refractivity (Wildman–Crippen MR) is 123 cm³/mol. The molecular weight excluding hydrogens is 434 g/mol. The monoisotopic (exact) mass is 459 g/mol. The number of hydrogen-bond acceptors (Lipinski definition) is 6. The maximum Gasteiger partial charge on any atom is 0.253 e. The van der Waals surface area contributed by atoms with Crippen LogP contribution in [-0.4, -0.2) is 58.0 Å². The van der Waals surface area contributed by atoms with Crippen LogP contribution in [-0.2, 0) is 5.60 Å². The molecule has 1 aromatic heterocycles. The molecule has 8 nitrogen and oxygen atoms in total. The van der Waals surface area contributed by atoms with Gasteiger partial charge in [-0.3, -0.25) is 9.36 Å². The van der Waals surface area contributed by atoms with Crippen molar-refractivity contribution in [1.29, 1.82) is 5.26 Å². The molecule has 0 aliphatic carbocycles. The zero-order valence-corrected chi connectivity index (χ0v) is 18.6. The van der Waals surface area contributed by atoms with Crippen molar-refractivity contribution in [2.45, 2.75) is 24.5 Å². The number of para-hydroxylation sites is 2. The average Bonchev–Trinajstić information content (AvgIpc) is 3.33. The van der Waals surface area contributed by atoms with Gasteiger partial charge in [-0.1, -0.05) is 12.1 Å². The highest BCUT2D eigenvalue weighted by atomic mass is 16.5. The molecule has 174 valence electrons. The van der Waals surface area contributed by atoms with E-state index < -0.39 is 11.7 Å². The third kappa shape index (κ3) is 3.79. The van der Waals surface area contributed by atoms with Gasteiger partial charge in [0.25, 0.3) is 5.91 Å². The van der Waals surface area contributed by atoms with Crippen LogP contribution in [0.25, 0.3) is 5.69 Å². The molecule has 2 aromatic carbocycles. The number of nitriles is 1. The molecule has 3 aromatic rings. The van der Waals surface area contributed by atoms with Gasteiger partial charge in [-0.25, -0.2) is 0 Å². The van der Waals surface area contributed by atoms with Crippen molar-refractivity contribution in [2.24, 2.45) is 0 Å². The standard InChI is InChI=1S/C26H25N3O5/c27-15-19-7-10-24-26(34-23-4-2-1-3-22(23)29(19)24)11-13-28(14-12-26)25(32)18-5-8-21(9-6-18)33-17-20(31)16-30/h1-10,20,30-31H,11-14,16-17H2/t20-/m1/s1. The number of aliphatic hydroxyl groups excluding tert-OH is 2. The van der Waals surface area contributed by atoms with E-state index in [1.54, 1.807) is 24.3 Å². The van der Waals surface area contributed by atoms with Crippen LogP contribution in [0, 0.1) is 11.3 Å². The number of amides is 1. The molecule has 1 atom stereocenters. The van der Waals surface area contributed by atoms with Gasteiger partial charge >= 0.3 is 0 Å². The van der Waals surface area contributed by atoms with Crippen molar-refractivity contribution >= 4 is 5.91 Å². The third-order valence-corrected chi connectivity index (χ3v) is 6.49. The predicted octanol–water partition coefficient (Wildman–Crippen LogP) is 2.60. The van der Waals surface area contributed by atoms with Gasteiger partial charge in [0.1, 0.15) is 36.0 Å². The lowest BCUT2D eigenvalue weighted by Gasteiger charge is -2.45. The van der Waals surface area contributed by atoms with E-state index in [2.05, 4.69) is 6.07 Å². The molecular formula is C26H25N3O5. The Morgan fingerprint density at radius 2 is 1.85 bits per heavy atom. The lowest BCUT2D eigenvalue weighted by molar-refractivity contribution is -0.00937. The second-order valence-electron chi connectivity index (χ2n) is 8.58. The summed E-state index contributed by atoms with van der Waals surface area (Å²) in [7, 11) is 0. The number of nitrogens with zero attached hydrogens (tertiary/aromatic N) is 3. The smallest absolute Gasteiger partial charge is 0.253 e. The number of piperidine rings is 1. The van der Waals surface area contributed by atoms with E-state index in [0.29, 0.717) is 42.9 Å². The van der Waals surface area contributed by atoms with Gasteiger partial charge < -0.3 is 24.6 Å². The van der Waals surface area contributed by atoms with E-state index >= 15 is 0 Å². The number of carbonyl (C=O) groups excluding carboxylic acids is 1. The molecule has 1 saturated heterocycles. The minimum atomic E-state index is -0.943. The lowest BCUT2D eigenvalue weighted by atomic mass is 9.86. The lowest BCUT2D eigenvalue weighted by Crippen LogP contribution is -2.50. The van der Waals surface area contributed by atoms with E-state index in [-0.39, 0.29) is 19.1 Å². The first-order valence-corrected chi connectivity index (χ1v) is 11.3. The summed E-state index contributed by atoms with van der Waals surface area (Å²) in [5.41, 5.74) is 2.33. The van der Waals surface area contributed by atoms with Crippen molar-refractivity contribution in [3.05, 3.63) is 77.6 Å². The minimum absolute atomic E-state index is 0.0175. The van der Waals surface area contributed by atoms with Crippen molar-refractivity contribution < 1.29 is 24.5 Å². The fourth-order valence-electron chi connectivity index (χ4n) is 4.68. The molecule has 2 aliphatic rings. The first kappa shape index (κ1) is 22.0. The van der Waals surface area contributed by atoms with Gasteiger partial charge in [-0.2, -0.15) is 5.26 Å². The van der Waals surface area contributed by atoms with Gasteiger partial charge in [-0.05, 0) is 48.5 Å². The summed E-state index contributed by atoms with van der Waals surface area (Å²) in [6.45, 7) is 0.658. The van der Waals surface area contributed by atoms with Gasteiger partial charge in [0.05, 0.1) is 18.0 Å². The Bertz CT molecular complexity index is 1240. The number of fused-ring (bicyclic) bond motifs is 4. The highest BCUT2D eigenvalue weighted by Crippen LogP contribution is 2.45. The second kappa shape index (κ2) is 8.86. The molecule has 1 amide bonds. The van der Waals surface area contributed by atoms with E-state index in [1.807, 2.05) is 45.9 Å². The van der Waals surface area contributed by atoms with Crippen LogP contribution in [0.5, 0.6) is 11.5 Å². The topological polar surface area (TPSA) is 108 Å². The van der Waals surface area contributed by atoms with Gasteiger partial charge in [0, 0.05) is 31.5 Å². The molecule has 0 radical (unpaired) electrons. The van der Waals surface area contributed by atoms with Crippen molar-refractivity contribution in [1.82, 2.24) is 9.47 Å². The Morgan fingerprint density at radius 1 is 1.12 bits per heavy atom. The van der Waals surface area contributed by atoms with E-state index in [0.717, 1.165) is 17.1 Å². The highest BCUT2D eigenvalue weighted by molar-refractivity contribution is 5.94. The molecule has 1 fully saturated rings. The molecule has 8 heteroatoms. The van der Waals surface area contributed by atoms with Crippen molar-refractivity contribution in [3.8, 4) is 23.3 Å². The summed E-state index contributed by atoms with van der Waals surface area (Å²) in [6, 6.07) is 20.5. The van der Waals surface area contributed by atoms with E-state index in [9.17, 15) is 15.2 Å². The summed E-state index contributed by atoms with van der Waals surface area (Å²) in [5.74, 6) is 1.19. The number of rotatable bonds is 5. The van der Waals surface area contributed by atoms with Crippen LogP contribution in [0.3, 0.4) is 0 Å². The third-order valence-electron chi connectivity index (χ3n) is 6.49. The average molecular weight is 460 g/mol. The first-order valence-electron chi connectivity index (χ1n) is 11.3. The fourth-order valence-corrected chi connectivity index (χ4v) is 4.68.